The number of hydrogen-bond donors (Lipinski definition) is 0. The van der Waals surface area contributed by atoms with Crippen LogP contribution in [0.3, 0.4) is 0 Å². The summed E-state index contributed by atoms with van der Waals surface area (Å²) in [6.07, 6.45) is 1.00. The first-order valence-electron chi connectivity index (χ1n) is 9.07. The summed E-state index contributed by atoms with van der Waals surface area (Å²) in [7, 11) is -3.01. The third kappa shape index (κ3) is 5.56. The van der Waals surface area contributed by atoms with Crippen LogP contribution in [0, 0.1) is 5.92 Å². The monoisotopic (exact) mass is 365 g/mol. The highest BCUT2D eigenvalue weighted by Crippen LogP contribution is 2.25. The van der Waals surface area contributed by atoms with Crippen molar-refractivity contribution in [3.05, 3.63) is 35.4 Å². The number of carbonyl (C=O) groups is 1. The van der Waals surface area contributed by atoms with Crippen molar-refractivity contribution in [2.45, 2.75) is 65.5 Å². The van der Waals surface area contributed by atoms with Crippen molar-refractivity contribution >= 4 is 15.7 Å². The van der Waals surface area contributed by atoms with Crippen LogP contribution in [0.1, 0.15) is 58.6 Å². The molecule has 0 spiro atoms. The van der Waals surface area contributed by atoms with E-state index in [1.165, 1.54) is 5.56 Å². The van der Waals surface area contributed by atoms with E-state index in [1.807, 2.05) is 13.8 Å². The minimum Gasteiger partial charge on any atom is -0.334 e. The molecule has 1 saturated heterocycles. The van der Waals surface area contributed by atoms with Crippen molar-refractivity contribution in [3.63, 3.8) is 0 Å². The Bertz CT molecular complexity index is 699. The highest BCUT2D eigenvalue weighted by Gasteiger charge is 2.34. The summed E-state index contributed by atoms with van der Waals surface area (Å²) in [5.74, 6) is 0.594. The summed E-state index contributed by atoms with van der Waals surface area (Å²) in [6, 6.07) is 8.12. The zero-order valence-electron chi connectivity index (χ0n) is 16.1. The normalized spacial score (nSPS) is 20.0. The molecule has 1 aliphatic heterocycles. The van der Waals surface area contributed by atoms with Gasteiger partial charge in [0.1, 0.15) is 0 Å². The molecule has 2 rings (SSSR count). The van der Waals surface area contributed by atoms with Crippen molar-refractivity contribution in [2.24, 2.45) is 5.92 Å². The maximum atomic E-state index is 12.7. The van der Waals surface area contributed by atoms with Gasteiger partial charge in [0.2, 0.25) is 5.91 Å². The van der Waals surface area contributed by atoms with Crippen LogP contribution in [-0.4, -0.2) is 36.8 Å². The molecule has 1 aliphatic rings. The molecule has 0 unspecified atom stereocenters. The van der Waals surface area contributed by atoms with Gasteiger partial charge >= 0.3 is 0 Å². The third-order valence-electron chi connectivity index (χ3n) is 4.73. The first kappa shape index (κ1) is 20.0. The summed E-state index contributed by atoms with van der Waals surface area (Å²) in [4.78, 5) is 14.5. The molecule has 0 aliphatic carbocycles. The average molecular weight is 366 g/mol. The fraction of sp³-hybridized carbons (Fsp3) is 0.650. The number of sulfone groups is 1. The zero-order chi connectivity index (χ0) is 18.8. The maximum absolute atomic E-state index is 12.7. The molecule has 5 heteroatoms. The first-order valence-corrected chi connectivity index (χ1v) is 10.9. The summed E-state index contributed by atoms with van der Waals surface area (Å²) in [5.41, 5.74) is 2.39. The highest BCUT2D eigenvalue weighted by molar-refractivity contribution is 7.91. The Hall–Kier alpha value is -1.36. The van der Waals surface area contributed by atoms with E-state index in [9.17, 15) is 13.2 Å². The lowest BCUT2D eigenvalue weighted by Gasteiger charge is -2.29. The van der Waals surface area contributed by atoms with Crippen LogP contribution in [0.25, 0.3) is 0 Å². The van der Waals surface area contributed by atoms with Crippen LogP contribution in [0.4, 0.5) is 0 Å². The molecule has 1 amide bonds. The van der Waals surface area contributed by atoms with Crippen LogP contribution in [0.15, 0.2) is 24.3 Å². The van der Waals surface area contributed by atoms with Gasteiger partial charge in [-0.3, -0.25) is 4.79 Å². The average Bonchev–Trinajstić information content (AvgIpc) is 2.83. The number of benzene rings is 1. The molecule has 0 aromatic heterocycles. The molecule has 25 heavy (non-hydrogen) atoms. The number of carbonyl (C=O) groups excluding carboxylic acids is 1. The van der Waals surface area contributed by atoms with Crippen molar-refractivity contribution in [3.8, 4) is 0 Å². The topological polar surface area (TPSA) is 54.5 Å². The molecule has 1 aromatic rings. The second-order valence-corrected chi connectivity index (χ2v) is 10.9. The fourth-order valence-electron chi connectivity index (χ4n) is 3.22. The van der Waals surface area contributed by atoms with Gasteiger partial charge in [-0.15, -0.1) is 0 Å². The second-order valence-electron chi connectivity index (χ2n) is 8.62. The predicted octanol–water partition coefficient (Wildman–Crippen LogP) is 3.55. The molecule has 1 fully saturated rings. The minimum atomic E-state index is -3.01. The van der Waals surface area contributed by atoms with Crippen molar-refractivity contribution in [2.75, 3.05) is 11.5 Å². The molecule has 1 heterocycles. The van der Waals surface area contributed by atoms with Crippen LogP contribution in [0.5, 0.6) is 0 Å². The van der Waals surface area contributed by atoms with Crippen LogP contribution < -0.4 is 0 Å². The Kier molecular flexibility index (Phi) is 5.97. The van der Waals surface area contributed by atoms with Crippen LogP contribution in [0.2, 0.25) is 0 Å². The van der Waals surface area contributed by atoms with E-state index < -0.39 is 9.84 Å². The predicted molar refractivity (Wildman–Crippen MR) is 102 cm³/mol. The third-order valence-corrected chi connectivity index (χ3v) is 6.48. The Labute approximate surface area is 152 Å². The van der Waals surface area contributed by atoms with Gasteiger partial charge in [-0.25, -0.2) is 8.42 Å². The standard InChI is InChI=1S/C20H31NO3S/c1-15(2)12-19(22)21(18-10-11-25(23,24)14-18)13-16-6-8-17(9-7-16)20(3,4)5/h6-9,15,18H,10-14H2,1-5H3/t18-/m0/s1. The lowest BCUT2D eigenvalue weighted by Crippen LogP contribution is -2.41. The summed E-state index contributed by atoms with van der Waals surface area (Å²) in [5, 5.41) is 0. The van der Waals surface area contributed by atoms with Gasteiger partial charge in [0, 0.05) is 19.0 Å². The van der Waals surface area contributed by atoms with Gasteiger partial charge in [0.15, 0.2) is 9.84 Å². The molecule has 0 saturated carbocycles. The van der Waals surface area contributed by atoms with Gasteiger partial charge in [0.05, 0.1) is 11.5 Å². The van der Waals surface area contributed by atoms with E-state index >= 15 is 0 Å². The molecule has 140 valence electrons. The van der Waals surface area contributed by atoms with E-state index in [1.54, 1.807) is 4.90 Å². The van der Waals surface area contributed by atoms with Gasteiger partial charge in [0.25, 0.3) is 0 Å². The zero-order valence-corrected chi connectivity index (χ0v) is 16.9. The minimum absolute atomic E-state index is 0.0528. The Balaban J connectivity index is 2.19. The number of hydrogen-bond acceptors (Lipinski definition) is 3. The smallest absolute Gasteiger partial charge is 0.223 e. The van der Waals surface area contributed by atoms with Crippen molar-refractivity contribution in [1.29, 1.82) is 0 Å². The van der Waals surface area contributed by atoms with E-state index in [2.05, 4.69) is 45.0 Å². The van der Waals surface area contributed by atoms with Gasteiger partial charge in [-0.05, 0) is 28.9 Å². The molecule has 1 atom stereocenters. The molecular weight excluding hydrogens is 334 g/mol. The van der Waals surface area contributed by atoms with Crippen molar-refractivity contribution in [1.82, 2.24) is 4.90 Å². The van der Waals surface area contributed by atoms with E-state index in [-0.39, 0.29) is 34.8 Å². The number of amides is 1. The summed E-state index contributed by atoms with van der Waals surface area (Å²) < 4.78 is 23.7. The molecule has 0 bridgehead atoms. The lowest BCUT2D eigenvalue weighted by molar-refractivity contribution is -0.134. The molecule has 1 aromatic carbocycles. The molecular formula is C20H31NO3S. The Morgan fingerprint density at radius 3 is 2.24 bits per heavy atom. The summed E-state index contributed by atoms with van der Waals surface area (Å²) >= 11 is 0. The maximum Gasteiger partial charge on any atom is 0.223 e. The lowest BCUT2D eigenvalue weighted by atomic mass is 9.86. The van der Waals surface area contributed by atoms with Crippen molar-refractivity contribution < 1.29 is 13.2 Å². The second kappa shape index (κ2) is 7.48. The molecule has 0 N–H and O–H groups in total. The first-order chi connectivity index (χ1) is 11.5. The quantitative estimate of drug-likeness (QED) is 0.802. The van der Waals surface area contributed by atoms with Crippen LogP contribution in [-0.2, 0) is 26.6 Å². The Morgan fingerprint density at radius 2 is 1.80 bits per heavy atom. The SMILES string of the molecule is CC(C)CC(=O)N(Cc1ccc(C(C)(C)C)cc1)[C@H]1CCS(=O)(=O)C1. The largest absolute Gasteiger partial charge is 0.334 e. The molecule has 0 radical (unpaired) electrons. The number of nitrogens with zero attached hydrogens (tertiary/aromatic N) is 1. The number of rotatable bonds is 5. The Morgan fingerprint density at radius 1 is 1.20 bits per heavy atom. The van der Waals surface area contributed by atoms with Gasteiger partial charge < -0.3 is 4.90 Å². The fourth-order valence-corrected chi connectivity index (χ4v) is 4.95. The van der Waals surface area contributed by atoms with E-state index in [0.717, 1.165) is 5.56 Å². The van der Waals surface area contributed by atoms with E-state index in [0.29, 0.717) is 19.4 Å². The van der Waals surface area contributed by atoms with Gasteiger partial charge in [-0.1, -0.05) is 58.9 Å². The summed E-state index contributed by atoms with van der Waals surface area (Å²) in [6.45, 7) is 11.0. The van der Waals surface area contributed by atoms with E-state index in [4.69, 9.17) is 0 Å². The highest BCUT2D eigenvalue weighted by atomic mass is 32.2. The van der Waals surface area contributed by atoms with Gasteiger partial charge in [-0.2, -0.15) is 0 Å². The molecule has 4 nitrogen and oxygen atoms in total. The van der Waals surface area contributed by atoms with Crippen LogP contribution >= 0.6 is 0 Å².